The van der Waals surface area contributed by atoms with Crippen LogP contribution in [0.25, 0.3) is 6.08 Å². The van der Waals surface area contributed by atoms with E-state index in [-0.39, 0.29) is 5.57 Å². The summed E-state index contributed by atoms with van der Waals surface area (Å²) in [6, 6.07) is 16.2. The lowest BCUT2D eigenvalue weighted by Crippen LogP contribution is -2.09. The van der Waals surface area contributed by atoms with Gasteiger partial charge in [0.15, 0.2) is 0 Å². The molecule has 0 amide bonds. The molecule has 2 aromatic rings. The minimum atomic E-state index is -1.24. The molecule has 0 spiro atoms. The Labute approximate surface area is 140 Å². The number of rotatable bonds is 7. The molecule has 5 nitrogen and oxygen atoms in total. The van der Waals surface area contributed by atoms with Crippen LogP contribution in [0.5, 0.6) is 11.5 Å². The number of carbonyl (C=O) groups is 1. The number of carboxylic acids is 1. The van der Waals surface area contributed by atoms with Crippen molar-refractivity contribution in [3.63, 3.8) is 0 Å². The van der Waals surface area contributed by atoms with Crippen LogP contribution in [0.2, 0.25) is 0 Å². The van der Waals surface area contributed by atoms with E-state index in [0.717, 1.165) is 11.3 Å². The first-order chi connectivity index (χ1) is 11.6. The van der Waals surface area contributed by atoms with Gasteiger partial charge in [-0.25, -0.2) is 4.79 Å². The summed E-state index contributed by atoms with van der Waals surface area (Å²) in [5, 5.41) is 17.5. The number of nitrogens with zero attached hydrogens (tertiary/aromatic N) is 1. The summed E-state index contributed by atoms with van der Waals surface area (Å²) in [7, 11) is 0. The summed E-state index contributed by atoms with van der Waals surface area (Å²) in [5.41, 5.74) is 1.45. The number of aliphatic carboxylic acids is 1. The fourth-order valence-corrected chi connectivity index (χ4v) is 1.99. The highest BCUT2D eigenvalue weighted by molar-refractivity contribution is 5.96. The maximum Gasteiger partial charge on any atom is 0.346 e. The molecule has 122 valence electrons. The number of ether oxygens (including phenoxy) is 2. The van der Waals surface area contributed by atoms with Crippen LogP contribution in [0.15, 0.2) is 54.1 Å². The van der Waals surface area contributed by atoms with Crippen molar-refractivity contribution in [3.8, 4) is 17.6 Å². The molecule has 0 unspecified atom stereocenters. The van der Waals surface area contributed by atoms with Crippen LogP contribution >= 0.6 is 0 Å². The van der Waals surface area contributed by atoms with E-state index in [1.165, 1.54) is 6.08 Å². The van der Waals surface area contributed by atoms with Gasteiger partial charge in [0.2, 0.25) is 0 Å². The van der Waals surface area contributed by atoms with Crippen LogP contribution in [0.4, 0.5) is 0 Å². The Bertz CT molecular complexity index is 773. The van der Waals surface area contributed by atoms with Crippen molar-refractivity contribution in [3.05, 3.63) is 65.2 Å². The third-order valence-corrected chi connectivity index (χ3v) is 3.15. The van der Waals surface area contributed by atoms with Gasteiger partial charge >= 0.3 is 5.97 Å². The molecular weight excluding hydrogens is 306 g/mol. The normalized spacial score (nSPS) is 10.8. The number of nitriles is 1. The van der Waals surface area contributed by atoms with Crippen LogP contribution in [-0.4, -0.2) is 24.3 Å². The average molecular weight is 323 g/mol. The minimum absolute atomic E-state index is 0.310. The molecule has 0 fully saturated rings. The van der Waals surface area contributed by atoms with E-state index < -0.39 is 5.97 Å². The lowest BCUT2D eigenvalue weighted by molar-refractivity contribution is -0.132. The monoisotopic (exact) mass is 323 g/mol. The van der Waals surface area contributed by atoms with Gasteiger partial charge in [-0.1, -0.05) is 24.3 Å². The van der Waals surface area contributed by atoms with Gasteiger partial charge in [0.25, 0.3) is 0 Å². The van der Waals surface area contributed by atoms with Gasteiger partial charge in [0.1, 0.15) is 36.4 Å². The van der Waals surface area contributed by atoms with Crippen molar-refractivity contribution < 1.29 is 19.4 Å². The van der Waals surface area contributed by atoms with Gasteiger partial charge in [-0.15, -0.1) is 0 Å². The molecule has 0 bridgehead atoms. The molecule has 5 heteroatoms. The molecule has 2 aromatic carbocycles. The highest BCUT2D eigenvalue weighted by Crippen LogP contribution is 2.15. The number of hydrogen-bond donors (Lipinski definition) is 1. The fourth-order valence-electron chi connectivity index (χ4n) is 1.99. The molecule has 0 aliphatic carbocycles. The van der Waals surface area contributed by atoms with Gasteiger partial charge in [0.05, 0.1) is 0 Å². The average Bonchev–Trinajstić information content (AvgIpc) is 2.57. The largest absolute Gasteiger partial charge is 0.490 e. The molecule has 0 aliphatic heterocycles. The van der Waals surface area contributed by atoms with E-state index >= 15 is 0 Å². The second kappa shape index (κ2) is 8.39. The van der Waals surface area contributed by atoms with Gasteiger partial charge < -0.3 is 14.6 Å². The molecule has 2 rings (SSSR count). The van der Waals surface area contributed by atoms with Gasteiger partial charge in [-0.3, -0.25) is 0 Å². The predicted molar refractivity (Wildman–Crippen MR) is 89.8 cm³/mol. The Morgan fingerprint density at radius 1 is 1.12 bits per heavy atom. The van der Waals surface area contributed by atoms with Crippen LogP contribution in [0.1, 0.15) is 11.1 Å². The molecule has 0 radical (unpaired) electrons. The van der Waals surface area contributed by atoms with Crippen LogP contribution in [0.3, 0.4) is 0 Å². The first kappa shape index (κ1) is 17.1. The smallest absolute Gasteiger partial charge is 0.346 e. The van der Waals surface area contributed by atoms with Crippen molar-refractivity contribution in [1.29, 1.82) is 5.26 Å². The van der Waals surface area contributed by atoms with Crippen molar-refractivity contribution in [2.45, 2.75) is 6.92 Å². The summed E-state index contributed by atoms with van der Waals surface area (Å²) in [6.45, 7) is 2.81. The zero-order valence-corrected chi connectivity index (χ0v) is 13.2. The quantitative estimate of drug-likeness (QED) is 0.479. The minimum Gasteiger partial charge on any atom is -0.490 e. The molecule has 0 saturated heterocycles. The first-order valence-electron chi connectivity index (χ1n) is 7.36. The first-order valence-corrected chi connectivity index (χ1v) is 7.36. The number of hydrogen-bond acceptors (Lipinski definition) is 4. The highest BCUT2D eigenvalue weighted by Gasteiger charge is 2.05. The van der Waals surface area contributed by atoms with Gasteiger partial charge in [0, 0.05) is 0 Å². The Hall–Kier alpha value is -3.26. The zero-order valence-electron chi connectivity index (χ0n) is 13.2. The van der Waals surface area contributed by atoms with Crippen molar-refractivity contribution in [2.24, 2.45) is 0 Å². The van der Waals surface area contributed by atoms with E-state index in [1.54, 1.807) is 30.3 Å². The van der Waals surface area contributed by atoms with E-state index in [1.807, 2.05) is 31.2 Å². The molecule has 24 heavy (non-hydrogen) atoms. The Balaban J connectivity index is 1.84. The van der Waals surface area contributed by atoms with E-state index in [9.17, 15) is 4.79 Å². The maximum absolute atomic E-state index is 10.8. The summed E-state index contributed by atoms with van der Waals surface area (Å²) in [4.78, 5) is 10.8. The van der Waals surface area contributed by atoms with Gasteiger partial charge in [-0.2, -0.15) is 5.26 Å². The Kier molecular flexibility index (Phi) is 5.98. The maximum atomic E-state index is 10.8. The predicted octanol–water partition coefficient (Wildman–Crippen LogP) is 3.44. The molecule has 0 aromatic heterocycles. The van der Waals surface area contributed by atoms with Crippen LogP contribution in [-0.2, 0) is 4.79 Å². The molecule has 1 N–H and O–H groups in total. The van der Waals surface area contributed by atoms with Crippen LogP contribution in [0, 0.1) is 18.3 Å². The van der Waals surface area contributed by atoms with E-state index in [4.69, 9.17) is 19.8 Å². The molecule has 0 aliphatic rings. The second-order valence-electron chi connectivity index (χ2n) is 5.06. The third-order valence-electron chi connectivity index (χ3n) is 3.15. The second-order valence-corrected chi connectivity index (χ2v) is 5.06. The summed E-state index contributed by atoms with van der Waals surface area (Å²) < 4.78 is 11.2. The van der Waals surface area contributed by atoms with Crippen molar-refractivity contribution in [1.82, 2.24) is 0 Å². The number of aryl methyl sites for hydroxylation is 1. The van der Waals surface area contributed by atoms with Crippen LogP contribution < -0.4 is 9.47 Å². The van der Waals surface area contributed by atoms with Gasteiger partial charge in [-0.05, 0) is 48.4 Å². The third kappa shape index (κ3) is 5.18. The Morgan fingerprint density at radius 2 is 1.79 bits per heavy atom. The standard InChI is InChI=1S/C19H17NO4/c1-14-3-2-4-18(11-14)24-10-9-23-17-7-5-15(6-8-17)12-16(13-20)19(21)22/h2-8,11-12H,9-10H2,1H3,(H,21,22). The summed E-state index contributed by atoms with van der Waals surface area (Å²) in [5.74, 6) is 0.205. The highest BCUT2D eigenvalue weighted by atomic mass is 16.5. The lowest BCUT2D eigenvalue weighted by Gasteiger charge is -2.09. The lowest BCUT2D eigenvalue weighted by atomic mass is 10.1. The molecular formula is C19H17NO4. The molecule has 0 atom stereocenters. The topological polar surface area (TPSA) is 79.5 Å². The zero-order chi connectivity index (χ0) is 17.4. The van der Waals surface area contributed by atoms with Crippen molar-refractivity contribution >= 4 is 12.0 Å². The SMILES string of the molecule is Cc1cccc(OCCOc2ccc(C=C(C#N)C(=O)O)cc2)c1. The van der Waals surface area contributed by atoms with E-state index in [0.29, 0.717) is 24.5 Å². The number of benzene rings is 2. The van der Waals surface area contributed by atoms with E-state index in [2.05, 4.69) is 0 Å². The summed E-state index contributed by atoms with van der Waals surface area (Å²) >= 11 is 0. The van der Waals surface area contributed by atoms with Crippen molar-refractivity contribution in [2.75, 3.05) is 13.2 Å². The fraction of sp³-hybridized carbons (Fsp3) is 0.158. The molecule has 0 heterocycles. The summed E-state index contributed by atoms with van der Waals surface area (Å²) in [6.07, 6.45) is 1.31. The Morgan fingerprint density at radius 3 is 2.38 bits per heavy atom. The number of carboxylic acid groups (broad SMARTS) is 1. The molecule has 0 saturated carbocycles.